The van der Waals surface area contributed by atoms with Crippen LogP contribution in [0.4, 0.5) is 10.1 Å². The van der Waals surface area contributed by atoms with Crippen molar-refractivity contribution < 1.29 is 19.1 Å². The van der Waals surface area contributed by atoms with Gasteiger partial charge in [-0.2, -0.15) is 0 Å². The summed E-state index contributed by atoms with van der Waals surface area (Å²) in [4.78, 5) is 24.8. The van der Waals surface area contributed by atoms with E-state index in [0.717, 1.165) is 12.8 Å². The third kappa shape index (κ3) is 4.53. The van der Waals surface area contributed by atoms with Gasteiger partial charge in [-0.25, -0.2) is 4.39 Å². The smallest absolute Gasteiger partial charge is 0.320 e. The van der Waals surface area contributed by atoms with Gasteiger partial charge in [-0.3, -0.25) is 14.5 Å². The Morgan fingerprint density at radius 3 is 2.67 bits per heavy atom. The summed E-state index contributed by atoms with van der Waals surface area (Å²) in [6, 6.07) is 5.06. The molecule has 0 radical (unpaired) electrons. The Hall–Kier alpha value is -1.95. The predicted molar refractivity (Wildman–Crippen MR) is 76.5 cm³/mol. The summed E-state index contributed by atoms with van der Waals surface area (Å²) in [6.45, 7) is 1.13. The van der Waals surface area contributed by atoms with E-state index in [1.54, 1.807) is 0 Å². The maximum absolute atomic E-state index is 12.8. The van der Waals surface area contributed by atoms with Crippen molar-refractivity contribution in [3.8, 4) is 0 Å². The Labute approximate surface area is 122 Å². The number of hydrogen-bond acceptors (Lipinski definition) is 3. The molecule has 114 valence electrons. The summed E-state index contributed by atoms with van der Waals surface area (Å²) in [6.07, 6.45) is 2.73. The molecule has 1 aliphatic heterocycles. The van der Waals surface area contributed by atoms with Crippen LogP contribution in [0.5, 0.6) is 0 Å². The number of carbonyl (C=O) groups excluding carboxylic acids is 1. The van der Waals surface area contributed by atoms with Crippen LogP contribution in [0.1, 0.15) is 25.7 Å². The summed E-state index contributed by atoms with van der Waals surface area (Å²) in [5.74, 6) is -1.38. The zero-order valence-electron chi connectivity index (χ0n) is 11.7. The average Bonchev–Trinajstić information content (AvgIpc) is 2.48. The summed E-state index contributed by atoms with van der Waals surface area (Å²) in [5, 5.41) is 11.8. The van der Waals surface area contributed by atoms with E-state index in [1.165, 1.54) is 24.3 Å². The molecule has 0 spiro atoms. The van der Waals surface area contributed by atoms with Crippen LogP contribution in [0.25, 0.3) is 0 Å². The number of carboxylic acids is 1. The van der Waals surface area contributed by atoms with E-state index < -0.39 is 12.0 Å². The normalized spacial score (nSPS) is 19.2. The quantitative estimate of drug-likeness (QED) is 0.872. The lowest BCUT2D eigenvalue weighted by Crippen LogP contribution is -2.45. The van der Waals surface area contributed by atoms with Crippen LogP contribution >= 0.6 is 0 Å². The Morgan fingerprint density at radius 2 is 2.00 bits per heavy atom. The highest BCUT2D eigenvalue weighted by Crippen LogP contribution is 2.17. The summed E-state index contributed by atoms with van der Waals surface area (Å²) in [5.41, 5.74) is 0.537. The highest BCUT2D eigenvalue weighted by Gasteiger charge is 2.28. The molecule has 1 unspecified atom stereocenters. The van der Waals surface area contributed by atoms with Crippen molar-refractivity contribution in [3.63, 3.8) is 0 Å². The maximum atomic E-state index is 12.8. The molecule has 0 aromatic heterocycles. The Kier molecular flexibility index (Phi) is 5.27. The Morgan fingerprint density at radius 1 is 1.29 bits per heavy atom. The number of benzene rings is 1. The number of piperidine rings is 1. The van der Waals surface area contributed by atoms with Gasteiger partial charge in [0.2, 0.25) is 5.91 Å². The van der Waals surface area contributed by atoms with Gasteiger partial charge < -0.3 is 10.4 Å². The molecule has 0 aliphatic carbocycles. The van der Waals surface area contributed by atoms with Gasteiger partial charge >= 0.3 is 5.97 Å². The molecular weight excluding hydrogens is 275 g/mol. The van der Waals surface area contributed by atoms with Gasteiger partial charge in [-0.05, 0) is 43.7 Å². The minimum atomic E-state index is -0.825. The van der Waals surface area contributed by atoms with Gasteiger partial charge in [0, 0.05) is 18.7 Å². The van der Waals surface area contributed by atoms with E-state index in [1.807, 2.05) is 4.90 Å². The monoisotopic (exact) mass is 294 g/mol. The fourth-order valence-electron chi connectivity index (χ4n) is 2.54. The topological polar surface area (TPSA) is 69.6 Å². The number of amides is 1. The second-order valence-corrected chi connectivity index (χ2v) is 5.19. The molecule has 1 aromatic carbocycles. The molecule has 5 nitrogen and oxygen atoms in total. The lowest BCUT2D eigenvalue weighted by Gasteiger charge is -2.32. The van der Waals surface area contributed by atoms with Crippen LogP contribution in [0.3, 0.4) is 0 Å². The number of halogens is 1. The fourth-order valence-corrected chi connectivity index (χ4v) is 2.54. The second kappa shape index (κ2) is 7.17. The number of aliphatic carboxylic acids is 1. The number of carboxylic acid groups (broad SMARTS) is 1. The van der Waals surface area contributed by atoms with Crippen molar-refractivity contribution >= 4 is 17.6 Å². The van der Waals surface area contributed by atoms with E-state index in [2.05, 4.69) is 5.32 Å². The first-order valence-electron chi connectivity index (χ1n) is 7.08. The van der Waals surface area contributed by atoms with Crippen molar-refractivity contribution in [2.75, 3.05) is 18.4 Å². The van der Waals surface area contributed by atoms with E-state index in [-0.39, 0.29) is 18.1 Å². The van der Waals surface area contributed by atoms with Gasteiger partial charge in [-0.15, -0.1) is 0 Å². The van der Waals surface area contributed by atoms with Crippen molar-refractivity contribution in [2.24, 2.45) is 0 Å². The first-order chi connectivity index (χ1) is 10.1. The van der Waals surface area contributed by atoms with Gasteiger partial charge in [0.25, 0.3) is 0 Å². The molecule has 1 heterocycles. The van der Waals surface area contributed by atoms with Crippen LogP contribution in [-0.2, 0) is 9.59 Å². The average molecular weight is 294 g/mol. The highest BCUT2D eigenvalue weighted by molar-refractivity contribution is 5.90. The molecule has 1 aromatic rings. The van der Waals surface area contributed by atoms with Gasteiger partial charge in [0.15, 0.2) is 0 Å². The summed E-state index contributed by atoms with van der Waals surface area (Å²) >= 11 is 0. The maximum Gasteiger partial charge on any atom is 0.320 e. The Balaban J connectivity index is 1.82. The van der Waals surface area contributed by atoms with Crippen LogP contribution in [-0.4, -0.2) is 41.0 Å². The predicted octanol–water partition coefficient (Wildman–Crippen LogP) is 2.09. The van der Waals surface area contributed by atoms with Crippen LogP contribution in [0.15, 0.2) is 24.3 Å². The molecule has 1 amide bonds. The molecule has 1 fully saturated rings. The molecule has 0 saturated carbocycles. The van der Waals surface area contributed by atoms with Crippen LogP contribution in [0, 0.1) is 5.82 Å². The molecule has 2 rings (SSSR count). The highest BCUT2D eigenvalue weighted by atomic mass is 19.1. The van der Waals surface area contributed by atoms with E-state index in [9.17, 15) is 14.0 Å². The number of nitrogens with zero attached hydrogens (tertiary/aromatic N) is 1. The minimum Gasteiger partial charge on any atom is -0.480 e. The third-order valence-corrected chi connectivity index (χ3v) is 3.65. The molecule has 2 N–H and O–H groups in total. The van der Waals surface area contributed by atoms with E-state index in [4.69, 9.17) is 5.11 Å². The second-order valence-electron chi connectivity index (χ2n) is 5.19. The number of anilines is 1. The van der Waals surface area contributed by atoms with Crippen LogP contribution in [0.2, 0.25) is 0 Å². The number of carbonyl (C=O) groups is 2. The zero-order chi connectivity index (χ0) is 15.2. The van der Waals surface area contributed by atoms with Crippen molar-refractivity contribution in [1.82, 2.24) is 4.90 Å². The fraction of sp³-hybridized carbons (Fsp3) is 0.467. The SMILES string of the molecule is O=C(CCN1CCCCC1C(=O)O)Nc1ccc(F)cc1. The van der Waals surface area contributed by atoms with Crippen LogP contribution < -0.4 is 5.32 Å². The lowest BCUT2D eigenvalue weighted by atomic mass is 10.0. The largest absolute Gasteiger partial charge is 0.480 e. The van der Waals surface area contributed by atoms with Gasteiger partial charge in [-0.1, -0.05) is 6.42 Å². The molecule has 1 saturated heterocycles. The summed E-state index contributed by atoms with van der Waals surface area (Å²) < 4.78 is 12.8. The minimum absolute atomic E-state index is 0.198. The first-order valence-corrected chi connectivity index (χ1v) is 7.08. The lowest BCUT2D eigenvalue weighted by molar-refractivity contribution is -0.144. The molecule has 0 bridgehead atoms. The third-order valence-electron chi connectivity index (χ3n) is 3.65. The number of likely N-dealkylation sites (tertiary alicyclic amines) is 1. The zero-order valence-corrected chi connectivity index (χ0v) is 11.7. The number of hydrogen-bond donors (Lipinski definition) is 2. The molecule has 6 heteroatoms. The number of nitrogens with one attached hydrogen (secondary N) is 1. The van der Waals surface area contributed by atoms with E-state index >= 15 is 0 Å². The van der Waals surface area contributed by atoms with E-state index in [0.29, 0.717) is 25.2 Å². The summed E-state index contributed by atoms with van der Waals surface area (Å²) in [7, 11) is 0. The standard InChI is InChI=1S/C15H19FN2O3/c16-11-4-6-12(7-5-11)17-14(19)8-10-18-9-2-1-3-13(18)15(20)21/h4-7,13H,1-3,8-10H2,(H,17,19)(H,20,21). The van der Waals surface area contributed by atoms with Gasteiger partial charge in [0.1, 0.15) is 11.9 Å². The van der Waals surface area contributed by atoms with Crippen molar-refractivity contribution in [3.05, 3.63) is 30.1 Å². The van der Waals surface area contributed by atoms with Crippen molar-refractivity contribution in [1.29, 1.82) is 0 Å². The molecule has 1 aliphatic rings. The Bertz CT molecular complexity index is 504. The molecular formula is C15H19FN2O3. The van der Waals surface area contributed by atoms with Gasteiger partial charge in [0.05, 0.1) is 0 Å². The molecule has 1 atom stereocenters. The number of rotatable bonds is 5. The first kappa shape index (κ1) is 15.4. The molecule has 21 heavy (non-hydrogen) atoms. The van der Waals surface area contributed by atoms with Crippen molar-refractivity contribution in [2.45, 2.75) is 31.7 Å².